The van der Waals surface area contributed by atoms with Crippen LogP contribution in [0, 0.1) is 5.92 Å². The average molecular weight is 465 g/mol. The maximum Gasteiger partial charge on any atom is 0.192 e. The summed E-state index contributed by atoms with van der Waals surface area (Å²) in [6.07, 6.45) is 16.3. The van der Waals surface area contributed by atoms with Gasteiger partial charge in [-0.3, -0.25) is 0 Å². The lowest BCUT2D eigenvalue weighted by Crippen LogP contribution is -2.46. The van der Waals surface area contributed by atoms with Gasteiger partial charge in [0.2, 0.25) is 0 Å². The highest BCUT2D eigenvalue weighted by molar-refractivity contribution is 14.1. The summed E-state index contributed by atoms with van der Waals surface area (Å²) in [4.78, 5) is 0. The smallest absolute Gasteiger partial charge is 0.192 e. The molecule has 1 unspecified atom stereocenters. The molecule has 1 rings (SSSR count). The van der Waals surface area contributed by atoms with Crippen molar-refractivity contribution >= 4 is 30.9 Å². The Morgan fingerprint density at radius 1 is 1.17 bits per heavy atom. The Hall–Kier alpha value is 0.647. The second-order valence-corrected chi connectivity index (χ2v) is 15.3. The van der Waals surface area contributed by atoms with Gasteiger partial charge in [0.25, 0.3) is 0 Å². The molecule has 0 heterocycles. The van der Waals surface area contributed by atoms with Gasteiger partial charge in [0.15, 0.2) is 8.32 Å². The van der Waals surface area contributed by atoms with Gasteiger partial charge in [-0.2, -0.15) is 0 Å². The molecule has 0 N–H and O–H groups in total. The van der Waals surface area contributed by atoms with Crippen LogP contribution in [-0.2, 0) is 4.43 Å². The molecule has 1 saturated carbocycles. The second-order valence-electron chi connectivity index (χ2n) is 9.16. The maximum absolute atomic E-state index is 6.91. The summed E-state index contributed by atoms with van der Waals surface area (Å²) in [5, 5.41) is 0.303. The molecule has 0 spiro atoms. The lowest BCUT2D eigenvalue weighted by Gasteiger charge is -2.42. The van der Waals surface area contributed by atoms with Gasteiger partial charge in [0, 0.05) is 0 Å². The van der Waals surface area contributed by atoms with E-state index in [4.69, 9.17) is 4.43 Å². The molecule has 3 heteroatoms. The quantitative estimate of drug-likeness (QED) is 0.190. The van der Waals surface area contributed by atoms with Crippen molar-refractivity contribution in [2.24, 2.45) is 5.92 Å². The van der Waals surface area contributed by atoms with E-state index in [-0.39, 0.29) is 0 Å². The van der Waals surface area contributed by atoms with E-state index in [9.17, 15) is 0 Å². The lowest BCUT2D eigenvalue weighted by molar-refractivity contribution is 0.0958. The highest BCUT2D eigenvalue weighted by Crippen LogP contribution is 2.40. The van der Waals surface area contributed by atoms with Crippen molar-refractivity contribution in [1.29, 1.82) is 0 Å². The third kappa shape index (κ3) is 7.90. The molecule has 142 valence electrons. The predicted molar refractivity (Wildman–Crippen MR) is 120 cm³/mol. The molecule has 0 aromatic carbocycles. The molecule has 1 aliphatic carbocycles. The number of halogens is 1. The number of rotatable bonds is 9. The van der Waals surface area contributed by atoms with E-state index in [0.717, 1.165) is 12.3 Å². The van der Waals surface area contributed by atoms with Crippen LogP contribution in [0.4, 0.5) is 0 Å². The first kappa shape index (κ1) is 22.7. The highest BCUT2D eigenvalue weighted by atomic mass is 127. The van der Waals surface area contributed by atoms with Crippen LogP contribution in [0.25, 0.3) is 0 Å². The van der Waals surface area contributed by atoms with Gasteiger partial charge >= 0.3 is 0 Å². The zero-order valence-corrected chi connectivity index (χ0v) is 20.2. The zero-order chi connectivity index (χ0) is 18.2. The summed E-state index contributed by atoms with van der Waals surface area (Å²) >= 11 is 2.56. The normalized spacial score (nSPS) is 19.5. The molecule has 0 aliphatic heterocycles. The van der Waals surface area contributed by atoms with E-state index in [1.807, 2.05) is 0 Å². The zero-order valence-electron chi connectivity index (χ0n) is 17.1. The van der Waals surface area contributed by atoms with Crippen LogP contribution in [0.5, 0.6) is 0 Å². The predicted octanol–water partition coefficient (Wildman–Crippen LogP) is 8.25. The Balaban J connectivity index is 2.72. The lowest BCUT2D eigenvalue weighted by atomic mass is 9.84. The van der Waals surface area contributed by atoms with Crippen LogP contribution >= 0.6 is 22.6 Å². The molecule has 0 amide bonds. The molecule has 0 aromatic rings. The topological polar surface area (TPSA) is 9.23 Å². The number of allylic oxidation sites excluding steroid dienone is 1. The summed E-state index contributed by atoms with van der Waals surface area (Å²) in [5.41, 5.74) is 0. The molecule has 1 atom stereocenters. The summed E-state index contributed by atoms with van der Waals surface area (Å²) in [5.74, 6) is 0.781. The summed E-state index contributed by atoms with van der Waals surface area (Å²) in [7, 11) is -1.69. The van der Waals surface area contributed by atoms with E-state index in [0.29, 0.717) is 11.1 Å². The van der Waals surface area contributed by atoms with Gasteiger partial charge in [0.05, 0.1) is 6.10 Å². The molecule has 1 fully saturated rings. The van der Waals surface area contributed by atoms with E-state index in [1.54, 1.807) is 3.58 Å². The third-order valence-electron chi connectivity index (χ3n) is 6.02. The molecule has 0 aromatic heterocycles. The van der Waals surface area contributed by atoms with Crippen LogP contribution in [0.1, 0.15) is 91.9 Å². The first-order chi connectivity index (χ1) is 11.2. The van der Waals surface area contributed by atoms with E-state index in [2.05, 4.69) is 69.5 Å². The second kappa shape index (κ2) is 10.7. The Morgan fingerprint density at radius 3 is 2.33 bits per heavy atom. The van der Waals surface area contributed by atoms with Gasteiger partial charge in [-0.05, 0) is 82.3 Å². The highest BCUT2D eigenvalue weighted by Gasteiger charge is 2.40. The van der Waals surface area contributed by atoms with Crippen molar-refractivity contribution in [2.45, 2.75) is 116 Å². The third-order valence-corrected chi connectivity index (χ3v) is 11.5. The van der Waals surface area contributed by atoms with Crippen molar-refractivity contribution in [1.82, 2.24) is 0 Å². The first-order valence-corrected chi connectivity index (χ1v) is 14.2. The fourth-order valence-electron chi connectivity index (χ4n) is 3.29. The first-order valence-electron chi connectivity index (χ1n) is 10.2. The van der Waals surface area contributed by atoms with Gasteiger partial charge in [-0.15, -0.1) is 0 Å². The molecule has 24 heavy (non-hydrogen) atoms. The fraction of sp³-hybridized carbons (Fsp3) is 0.905. The molecule has 0 radical (unpaired) electrons. The fourth-order valence-corrected chi connectivity index (χ4v) is 5.32. The molecule has 0 bridgehead atoms. The van der Waals surface area contributed by atoms with E-state index >= 15 is 0 Å². The molecule has 1 aliphatic rings. The van der Waals surface area contributed by atoms with Gasteiger partial charge in [0.1, 0.15) is 0 Å². The van der Waals surface area contributed by atoms with Gasteiger partial charge in [-0.1, -0.05) is 65.9 Å². The monoisotopic (exact) mass is 464 g/mol. The molecule has 0 saturated heterocycles. The average Bonchev–Trinajstić information content (AvgIpc) is 2.51. The molecular weight excluding hydrogens is 423 g/mol. The summed E-state index contributed by atoms with van der Waals surface area (Å²) in [6, 6.07) is 0. The van der Waals surface area contributed by atoms with Crippen LogP contribution in [-0.4, -0.2) is 14.4 Å². The van der Waals surface area contributed by atoms with E-state index in [1.165, 1.54) is 57.8 Å². The van der Waals surface area contributed by atoms with Crippen LogP contribution < -0.4 is 0 Å². The van der Waals surface area contributed by atoms with Crippen molar-refractivity contribution in [2.75, 3.05) is 0 Å². The van der Waals surface area contributed by atoms with Crippen molar-refractivity contribution in [3.8, 4) is 0 Å². The number of hydrogen-bond donors (Lipinski definition) is 0. The van der Waals surface area contributed by atoms with Crippen LogP contribution in [0.3, 0.4) is 0 Å². The van der Waals surface area contributed by atoms with Gasteiger partial charge < -0.3 is 4.43 Å². The Morgan fingerprint density at radius 2 is 1.79 bits per heavy atom. The number of hydrogen-bond acceptors (Lipinski definition) is 1. The Labute approximate surface area is 166 Å². The molecule has 1 nitrogen and oxygen atoms in total. The van der Waals surface area contributed by atoms with Gasteiger partial charge in [-0.25, -0.2) is 0 Å². The Kier molecular flexibility index (Phi) is 10.1. The minimum absolute atomic E-state index is 0.303. The van der Waals surface area contributed by atoms with Crippen LogP contribution in [0.2, 0.25) is 18.1 Å². The minimum atomic E-state index is -1.69. The Bertz CT molecular complexity index is 378. The van der Waals surface area contributed by atoms with Crippen molar-refractivity contribution in [3.05, 3.63) is 9.66 Å². The summed E-state index contributed by atoms with van der Waals surface area (Å²) in [6.45, 7) is 14.2. The van der Waals surface area contributed by atoms with Crippen LogP contribution in [0.15, 0.2) is 9.66 Å². The molecular formula is C21H41IOSi. The standard InChI is InChI=1S/C21H41IOSi/c1-7-8-10-15-19(22)16-17-20(18-13-11-9-12-14-18)23-24(5,6)21(2,3)4/h16,18,20H,7-15,17H2,1-6H3/b19-16-. The van der Waals surface area contributed by atoms with Crippen molar-refractivity contribution < 1.29 is 4.43 Å². The van der Waals surface area contributed by atoms with Crippen molar-refractivity contribution in [3.63, 3.8) is 0 Å². The minimum Gasteiger partial charge on any atom is -0.413 e. The summed E-state index contributed by atoms with van der Waals surface area (Å²) < 4.78 is 8.45. The maximum atomic E-state index is 6.91. The SMILES string of the molecule is CCCCC/C(I)=C/CC(O[Si](C)(C)C(C)(C)C)C1CCCCC1. The largest absolute Gasteiger partial charge is 0.413 e. The van der Waals surface area contributed by atoms with E-state index < -0.39 is 8.32 Å². The number of unbranched alkanes of at least 4 members (excludes halogenated alkanes) is 2.